The van der Waals surface area contributed by atoms with Crippen molar-refractivity contribution in [1.82, 2.24) is 5.32 Å². The number of allylic oxidation sites excluding steroid dienone is 1. The van der Waals surface area contributed by atoms with Crippen molar-refractivity contribution < 1.29 is 19.4 Å². The summed E-state index contributed by atoms with van der Waals surface area (Å²) in [7, 11) is 0. The summed E-state index contributed by atoms with van der Waals surface area (Å²) in [5.41, 5.74) is -3.84. The van der Waals surface area contributed by atoms with Gasteiger partial charge >= 0.3 is 5.97 Å². The van der Waals surface area contributed by atoms with Gasteiger partial charge in [0.2, 0.25) is 11.4 Å². The third-order valence-electron chi connectivity index (χ3n) is 5.78. The molecule has 2 saturated heterocycles. The number of esters is 1. The Hall–Kier alpha value is -1.07. The first-order chi connectivity index (χ1) is 10.3. The van der Waals surface area contributed by atoms with E-state index in [9.17, 15) is 14.7 Å². The Morgan fingerprint density at radius 3 is 2.82 bits per heavy atom. The molecule has 0 aromatic rings. The molecule has 0 aromatic heterocycles. The highest BCUT2D eigenvalue weighted by Crippen LogP contribution is 2.57. The molecule has 122 valence electrons. The number of hydrogen-bond donors (Lipinski definition) is 2. The summed E-state index contributed by atoms with van der Waals surface area (Å²) in [6.45, 7) is 3.36. The zero-order chi connectivity index (χ0) is 16.2. The fraction of sp³-hybridized carbons (Fsp3) is 0.750. The molecular formula is C16H22ClNO4. The zero-order valence-electron chi connectivity index (χ0n) is 12.9. The van der Waals surface area contributed by atoms with Crippen LogP contribution in [0.3, 0.4) is 0 Å². The second-order valence-corrected chi connectivity index (χ2v) is 7.26. The SMILES string of the molecule is CC(O)([C@@H]1C=CCCC1)[C@@]12NC(=O)[C@H](CCCl)[C@]1(C)OC2=O. The second-order valence-electron chi connectivity index (χ2n) is 6.88. The third-order valence-corrected chi connectivity index (χ3v) is 6.00. The minimum atomic E-state index is -1.40. The molecule has 1 amide bonds. The van der Waals surface area contributed by atoms with Gasteiger partial charge in [0, 0.05) is 11.8 Å². The number of hydrogen-bond acceptors (Lipinski definition) is 4. The Bertz CT molecular complexity index is 546. The summed E-state index contributed by atoms with van der Waals surface area (Å²) in [4.78, 5) is 24.7. The molecule has 2 heterocycles. The van der Waals surface area contributed by atoms with Gasteiger partial charge in [0.05, 0.1) is 5.92 Å². The maximum absolute atomic E-state index is 12.4. The number of nitrogens with one attached hydrogen (secondary N) is 1. The van der Waals surface area contributed by atoms with Crippen LogP contribution in [0.2, 0.25) is 0 Å². The molecule has 22 heavy (non-hydrogen) atoms. The standard InChI is InChI=1S/C16H22ClNO4/c1-14(21,10-6-4-3-5-7-10)16-13(20)22-15(16,2)11(8-9-17)12(19)18-16/h4,6,10-11,21H,3,5,7-9H2,1-2H3,(H,18,19)/t10-,11+,14?,15+,16-/m1/s1. The fourth-order valence-corrected chi connectivity index (χ4v) is 4.66. The third kappa shape index (κ3) is 1.69. The number of fused-ring (bicyclic) bond motifs is 1. The smallest absolute Gasteiger partial charge is 0.339 e. The molecule has 0 saturated carbocycles. The van der Waals surface area contributed by atoms with Crippen molar-refractivity contribution in [1.29, 1.82) is 0 Å². The van der Waals surface area contributed by atoms with Gasteiger partial charge in [-0.1, -0.05) is 12.2 Å². The predicted molar refractivity (Wildman–Crippen MR) is 81.3 cm³/mol. The van der Waals surface area contributed by atoms with E-state index in [4.69, 9.17) is 16.3 Å². The van der Waals surface area contributed by atoms with Gasteiger partial charge < -0.3 is 15.2 Å². The van der Waals surface area contributed by atoms with Crippen molar-refractivity contribution >= 4 is 23.5 Å². The molecule has 3 aliphatic rings. The second kappa shape index (κ2) is 4.96. The zero-order valence-corrected chi connectivity index (χ0v) is 13.7. The van der Waals surface area contributed by atoms with Crippen LogP contribution < -0.4 is 5.32 Å². The van der Waals surface area contributed by atoms with Crippen LogP contribution in [0.4, 0.5) is 0 Å². The Balaban J connectivity index is 2.03. The van der Waals surface area contributed by atoms with Crippen molar-refractivity contribution in [2.45, 2.75) is 56.3 Å². The summed E-state index contributed by atoms with van der Waals surface area (Å²) in [5.74, 6) is -1.24. The number of carbonyl (C=O) groups is 2. The van der Waals surface area contributed by atoms with E-state index >= 15 is 0 Å². The Morgan fingerprint density at radius 1 is 1.55 bits per heavy atom. The van der Waals surface area contributed by atoms with E-state index in [2.05, 4.69) is 5.32 Å². The van der Waals surface area contributed by atoms with Crippen molar-refractivity contribution in [3.05, 3.63) is 12.2 Å². The van der Waals surface area contributed by atoms with Crippen molar-refractivity contribution in [3.8, 4) is 0 Å². The van der Waals surface area contributed by atoms with E-state index in [0.29, 0.717) is 12.3 Å². The summed E-state index contributed by atoms with van der Waals surface area (Å²) in [6, 6.07) is 0. The highest BCUT2D eigenvalue weighted by Gasteiger charge is 2.82. The van der Waals surface area contributed by atoms with Gasteiger partial charge in [0.15, 0.2) is 5.60 Å². The van der Waals surface area contributed by atoms with Crippen LogP contribution in [0.1, 0.15) is 39.5 Å². The molecule has 5 nitrogen and oxygen atoms in total. The quantitative estimate of drug-likeness (QED) is 0.466. The monoisotopic (exact) mass is 327 g/mol. The molecule has 1 unspecified atom stereocenters. The lowest BCUT2D eigenvalue weighted by Crippen LogP contribution is -2.84. The van der Waals surface area contributed by atoms with Crippen molar-refractivity contribution in [3.63, 3.8) is 0 Å². The van der Waals surface area contributed by atoms with Crippen LogP contribution in [0.15, 0.2) is 12.2 Å². The average molecular weight is 328 g/mol. The van der Waals surface area contributed by atoms with Crippen molar-refractivity contribution in [2.24, 2.45) is 11.8 Å². The molecule has 0 bridgehead atoms. The number of carbonyl (C=O) groups excluding carboxylic acids is 2. The van der Waals surface area contributed by atoms with Crippen LogP contribution in [0.25, 0.3) is 0 Å². The van der Waals surface area contributed by atoms with Crippen LogP contribution in [-0.2, 0) is 14.3 Å². The number of rotatable bonds is 4. The number of alkyl halides is 1. The lowest BCUT2D eigenvalue weighted by Gasteiger charge is -2.59. The molecule has 0 radical (unpaired) electrons. The van der Waals surface area contributed by atoms with Crippen LogP contribution in [0, 0.1) is 11.8 Å². The average Bonchev–Trinajstić information content (AvgIpc) is 2.66. The van der Waals surface area contributed by atoms with Gasteiger partial charge in [-0.05, 0) is 39.5 Å². The summed E-state index contributed by atoms with van der Waals surface area (Å²) < 4.78 is 5.40. The molecule has 2 N–H and O–H groups in total. The van der Waals surface area contributed by atoms with E-state index in [1.807, 2.05) is 12.2 Å². The molecule has 1 aliphatic carbocycles. The highest BCUT2D eigenvalue weighted by atomic mass is 35.5. The van der Waals surface area contributed by atoms with E-state index < -0.39 is 28.6 Å². The largest absolute Gasteiger partial charge is 0.453 e. The fourth-order valence-electron chi connectivity index (χ4n) is 4.44. The van der Waals surface area contributed by atoms with Crippen LogP contribution in [-0.4, -0.2) is 39.6 Å². The number of amides is 1. The summed E-state index contributed by atoms with van der Waals surface area (Å²) in [6.07, 6.45) is 7.10. The van der Waals surface area contributed by atoms with E-state index in [1.54, 1.807) is 13.8 Å². The van der Waals surface area contributed by atoms with Crippen LogP contribution in [0.5, 0.6) is 0 Å². The van der Waals surface area contributed by atoms with Crippen molar-refractivity contribution in [2.75, 3.05) is 5.88 Å². The van der Waals surface area contributed by atoms with E-state index in [-0.39, 0.29) is 11.8 Å². The molecule has 2 fully saturated rings. The first-order valence-corrected chi connectivity index (χ1v) is 8.35. The van der Waals surface area contributed by atoms with Crippen LogP contribution >= 0.6 is 11.6 Å². The minimum absolute atomic E-state index is 0.191. The van der Waals surface area contributed by atoms with Gasteiger partial charge in [-0.2, -0.15) is 0 Å². The molecule has 5 atom stereocenters. The van der Waals surface area contributed by atoms with Gasteiger partial charge in [-0.15, -0.1) is 11.6 Å². The Kier molecular flexibility index (Phi) is 3.57. The summed E-state index contributed by atoms with van der Waals surface area (Å²) >= 11 is 5.80. The first-order valence-electron chi connectivity index (χ1n) is 7.81. The maximum Gasteiger partial charge on any atom is 0.339 e. The Labute approximate surface area is 135 Å². The van der Waals surface area contributed by atoms with Gasteiger partial charge in [0.25, 0.3) is 0 Å². The molecule has 6 heteroatoms. The number of aliphatic hydroxyl groups is 1. The predicted octanol–water partition coefficient (Wildman–Crippen LogP) is 1.52. The minimum Gasteiger partial charge on any atom is -0.453 e. The van der Waals surface area contributed by atoms with Gasteiger partial charge in [0.1, 0.15) is 5.60 Å². The topological polar surface area (TPSA) is 75.6 Å². The molecular weight excluding hydrogens is 306 g/mol. The highest BCUT2D eigenvalue weighted by molar-refractivity contribution is 6.18. The van der Waals surface area contributed by atoms with E-state index in [0.717, 1.165) is 19.3 Å². The normalized spacial score (nSPS) is 42.9. The molecule has 3 rings (SSSR count). The first kappa shape index (κ1) is 15.8. The number of halogens is 1. The Morgan fingerprint density at radius 2 is 2.27 bits per heavy atom. The van der Waals surface area contributed by atoms with Gasteiger partial charge in [-0.25, -0.2) is 4.79 Å². The lowest BCUT2D eigenvalue weighted by molar-refractivity contribution is -0.256. The van der Waals surface area contributed by atoms with Gasteiger partial charge in [-0.3, -0.25) is 4.79 Å². The molecule has 0 spiro atoms. The lowest BCUT2D eigenvalue weighted by atomic mass is 9.58. The number of ether oxygens (including phenoxy) is 1. The molecule has 0 aromatic carbocycles. The van der Waals surface area contributed by atoms with E-state index in [1.165, 1.54) is 0 Å². The summed E-state index contributed by atoms with van der Waals surface area (Å²) in [5, 5.41) is 14.0. The maximum atomic E-state index is 12.4. The molecule has 2 aliphatic heterocycles.